The first-order chi connectivity index (χ1) is 8.58. The summed E-state index contributed by atoms with van der Waals surface area (Å²) in [6.45, 7) is 4.81. The zero-order chi connectivity index (χ0) is 13.5. The topological polar surface area (TPSA) is 74.3 Å². The Morgan fingerprint density at radius 2 is 2.22 bits per heavy atom. The smallest absolute Gasteiger partial charge is 0.233 e. The van der Waals surface area contributed by atoms with Crippen LogP contribution in [-0.4, -0.2) is 36.9 Å². The molecule has 7 heteroatoms. The van der Waals surface area contributed by atoms with Crippen LogP contribution in [0.15, 0.2) is 5.38 Å². The molecule has 1 heterocycles. The first-order valence-corrected chi connectivity index (χ1v) is 6.60. The molecule has 2 N–H and O–H groups in total. The molecule has 100 valence electrons. The summed E-state index contributed by atoms with van der Waals surface area (Å²) in [7, 11) is 1.59. The molecule has 0 saturated heterocycles. The highest BCUT2D eigenvalue weighted by atomic mass is 32.1. The van der Waals surface area contributed by atoms with Gasteiger partial charge in [0.2, 0.25) is 11.8 Å². The van der Waals surface area contributed by atoms with Crippen LogP contribution in [0.5, 0.6) is 0 Å². The van der Waals surface area contributed by atoms with Crippen molar-refractivity contribution >= 4 is 28.3 Å². The molecule has 0 saturated carbocycles. The first-order valence-electron chi connectivity index (χ1n) is 5.72. The van der Waals surface area contributed by atoms with Crippen molar-refractivity contribution in [2.75, 3.05) is 25.0 Å². The lowest BCUT2D eigenvalue weighted by Crippen LogP contribution is -2.31. The molecule has 0 aromatic carbocycles. The summed E-state index contributed by atoms with van der Waals surface area (Å²) < 4.78 is 0. The van der Waals surface area contributed by atoms with Gasteiger partial charge in [0.05, 0.1) is 12.2 Å². The number of anilines is 1. The number of aromatic nitrogens is 1. The molecule has 0 spiro atoms. The van der Waals surface area contributed by atoms with Gasteiger partial charge in [-0.1, -0.05) is 0 Å². The van der Waals surface area contributed by atoms with Crippen LogP contribution >= 0.6 is 11.3 Å². The normalized spacial score (nSPS) is 10.2. The molecule has 0 unspecified atom stereocenters. The number of thiazole rings is 1. The summed E-state index contributed by atoms with van der Waals surface area (Å²) in [4.78, 5) is 28.3. The molecule has 1 rings (SSSR count). The molecule has 0 radical (unpaired) electrons. The molecule has 0 aliphatic carbocycles. The third kappa shape index (κ3) is 4.08. The molecule has 18 heavy (non-hydrogen) atoms. The van der Waals surface area contributed by atoms with E-state index in [2.05, 4.69) is 15.6 Å². The minimum absolute atomic E-state index is 0.0169. The van der Waals surface area contributed by atoms with E-state index < -0.39 is 0 Å². The molecule has 0 bridgehead atoms. The Bertz CT molecular complexity index is 419. The van der Waals surface area contributed by atoms with Crippen molar-refractivity contribution in [1.29, 1.82) is 0 Å². The second kappa shape index (κ2) is 7.07. The minimum Gasteiger partial charge on any atom is -0.358 e. The van der Waals surface area contributed by atoms with Gasteiger partial charge in [-0.25, -0.2) is 4.98 Å². The van der Waals surface area contributed by atoms with Gasteiger partial charge in [-0.2, -0.15) is 0 Å². The fraction of sp³-hybridized carbons (Fsp3) is 0.545. The second-order valence-electron chi connectivity index (χ2n) is 3.66. The van der Waals surface area contributed by atoms with Crippen molar-refractivity contribution in [1.82, 2.24) is 15.6 Å². The Balaban J connectivity index is 2.52. The van der Waals surface area contributed by atoms with Gasteiger partial charge in [0, 0.05) is 32.4 Å². The average molecular weight is 270 g/mol. The standard InChI is InChI=1S/C11H18N4O2S/c1-4-15(8(2)16)11-14-9(7-18-11)5-13-6-10(17)12-3/h7,13H,4-6H2,1-3H3,(H,12,17). The van der Waals surface area contributed by atoms with Crippen LogP contribution in [0.2, 0.25) is 0 Å². The highest BCUT2D eigenvalue weighted by molar-refractivity contribution is 7.14. The van der Waals surface area contributed by atoms with E-state index in [-0.39, 0.29) is 18.4 Å². The monoisotopic (exact) mass is 270 g/mol. The Kier molecular flexibility index (Phi) is 5.73. The van der Waals surface area contributed by atoms with Crippen molar-refractivity contribution in [3.8, 4) is 0 Å². The number of nitrogens with one attached hydrogen (secondary N) is 2. The van der Waals surface area contributed by atoms with Crippen molar-refractivity contribution in [3.05, 3.63) is 11.1 Å². The summed E-state index contributed by atoms with van der Waals surface area (Å²) >= 11 is 1.43. The number of hydrogen-bond acceptors (Lipinski definition) is 5. The Hall–Kier alpha value is -1.47. The lowest BCUT2D eigenvalue weighted by atomic mass is 10.4. The summed E-state index contributed by atoms with van der Waals surface area (Å²) in [5.74, 6) is -0.0823. The molecule has 0 fully saturated rings. The predicted octanol–water partition coefficient (Wildman–Crippen LogP) is 0.351. The Morgan fingerprint density at radius 3 is 2.78 bits per heavy atom. The van der Waals surface area contributed by atoms with Gasteiger partial charge in [-0.15, -0.1) is 11.3 Å². The highest BCUT2D eigenvalue weighted by Gasteiger charge is 2.13. The molecule has 0 aliphatic heterocycles. The third-order valence-electron chi connectivity index (χ3n) is 2.34. The van der Waals surface area contributed by atoms with Gasteiger partial charge in [0.25, 0.3) is 0 Å². The molecule has 2 amide bonds. The largest absolute Gasteiger partial charge is 0.358 e. The first kappa shape index (κ1) is 14.6. The van der Waals surface area contributed by atoms with Crippen LogP contribution in [0.4, 0.5) is 5.13 Å². The van der Waals surface area contributed by atoms with Gasteiger partial charge < -0.3 is 10.6 Å². The van der Waals surface area contributed by atoms with Crippen molar-refractivity contribution in [3.63, 3.8) is 0 Å². The van der Waals surface area contributed by atoms with E-state index in [1.807, 2.05) is 12.3 Å². The van der Waals surface area contributed by atoms with Crippen LogP contribution in [-0.2, 0) is 16.1 Å². The fourth-order valence-electron chi connectivity index (χ4n) is 1.39. The number of likely N-dealkylation sites (N-methyl/N-ethyl adjacent to an activating group) is 1. The van der Waals surface area contributed by atoms with Crippen LogP contribution in [0, 0.1) is 0 Å². The lowest BCUT2D eigenvalue weighted by molar-refractivity contribution is -0.119. The van der Waals surface area contributed by atoms with Gasteiger partial charge >= 0.3 is 0 Å². The average Bonchev–Trinajstić information content (AvgIpc) is 2.78. The van der Waals surface area contributed by atoms with E-state index in [4.69, 9.17) is 0 Å². The fourth-order valence-corrected chi connectivity index (χ4v) is 2.32. The van der Waals surface area contributed by atoms with E-state index in [1.54, 1.807) is 11.9 Å². The zero-order valence-corrected chi connectivity index (χ0v) is 11.6. The molecule has 0 atom stereocenters. The maximum Gasteiger partial charge on any atom is 0.233 e. The zero-order valence-electron chi connectivity index (χ0n) is 10.8. The van der Waals surface area contributed by atoms with Crippen LogP contribution < -0.4 is 15.5 Å². The number of hydrogen-bond donors (Lipinski definition) is 2. The van der Waals surface area contributed by atoms with Crippen LogP contribution in [0.3, 0.4) is 0 Å². The number of carbonyl (C=O) groups is 2. The van der Waals surface area contributed by atoms with Gasteiger partial charge in [-0.3, -0.25) is 14.5 Å². The van der Waals surface area contributed by atoms with Gasteiger partial charge in [0.15, 0.2) is 5.13 Å². The van der Waals surface area contributed by atoms with E-state index in [0.717, 1.165) is 5.69 Å². The summed E-state index contributed by atoms with van der Waals surface area (Å²) in [6, 6.07) is 0. The van der Waals surface area contributed by atoms with Gasteiger partial charge in [0.1, 0.15) is 0 Å². The number of amides is 2. The molecule has 6 nitrogen and oxygen atoms in total. The van der Waals surface area contributed by atoms with E-state index in [1.165, 1.54) is 18.3 Å². The van der Waals surface area contributed by atoms with E-state index >= 15 is 0 Å². The molecule has 1 aromatic heterocycles. The Morgan fingerprint density at radius 1 is 1.50 bits per heavy atom. The van der Waals surface area contributed by atoms with Crippen molar-refractivity contribution in [2.24, 2.45) is 0 Å². The van der Waals surface area contributed by atoms with E-state index in [0.29, 0.717) is 18.2 Å². The molecule has 1 aromatic rings. The van der Waals surface area contributed by atoms with Crippen molar-refractivity contribution in [2.45, 2.75) is 20.4 Å². The van der Waals surface area contributed by atoms with Crippen molar-refractivity contribution < 1.29 is 9.59 Å². The van der Waals surface area contributed by atoms with Gasteiger partial charge in [-0.05, 0) is 6.92 Å². The minimum atomic E-state index is -0.0654. The summed E-state index contributed by atoms with van der Waals surface area (Å²) in [5.41, 5.74) is 0.832. The number of carbonyl (C=O) groups excluding carboxylic acids is 2. The summed E-state index contributed by atoms with van der Waals surface area (Å²) in [6.07, 6.45) is 0. The van der Waals surface area contributed by atoms with Crippen LogP contribution in [0.25, 0.3) is 0 Å². The second-order valence-corrected chi connectivity index (χ2v) is 4.50. The summed E-state index contributed by atoms with van der Waals surface area (Å²) in [5, 5.41) is 8.09. The molecular weight excluding hydrogens is 252 g/mol. The third-order valence-corrected chi connectivity index (χ3v) is 3.25. The lowest BCUT2D eigenvalue weighted by Gasteiger charge is -2.14. The number of rotatable bonds is 6. The SMILES string of the molecule is CCN(C(C)=O)c1nc(CNCC(=O)NC)cs1. The maximum absolute atomic E-state index is 11.4. The number of nitrogens with zero attached hydrogens (tertiary/aromatic N) is 2. The van der Waals surface area contributed by atoms with E-state index in [9.17, 15) is 9.59 Å². The maximum atomic E-state index is 11.4. The predicted molar refractivity (Wildman–Crippen MR) is 71.6 cm³/mol. The van der Waals surface area contributed by atoms with Crippen LogP contribution in [0.1, 0.15) is 19.5 Å². The Labute approximate surface area is 110 Å². The quantitative estimate of drug-likeness (QED) is 0.782. The molecular formula is C11H18N4O2S. The highest BCUT2D eigenvalue weighted by Crippen LogP contribution is 2.20. The molecule has 0 aliphatic rings.